The van der Waals surface area contributed by atoms with Crippen molar-refractivity contribution in [3.05, 3.63) is 119 Å². The molecule has 0 unspecified atom stereocenters. The Labute approximate surface area is 230 Å². The molecule has 6 rings (SSSR count). The SMILES string of the molecule is COc1ccc(C[C@@H](C(=O)Nc2cccc3c2nnn3Cc2ccccc2)N2C(=O)c3ccccc3C2=O)cc1. The summed E-state index contributed by atoms with van der Waals surface area (Å²) in [5, 5.41) is 11.6. The van der Waals surface area contributed by atoms with Crippen molar-refractivity contribution in [3.63, 3.8) is 0 Å². The third-order valence-electron chi connectivity index (χ3n) is 7.01. The van der Waals surface area contributed by atoms with Crippen molar-refractivity contribution < 1.29 is 19.1 Å². The van der Waals surface area contributed by atoms with Crippen molar-refractivity contribution in [2.45, 2.75) is 19.0 Å². The summed E-state index contributed by atoms with van der Waals surface area (Å²) in [6.45, 7) is 0.518. The topological polar surface area (TPSA) is 106 Å². The number of nitrogens with one attached hydrogen (secondary N) is 1. The fourth-order valence-electron chi connectivity index (χ4n) is 4.96. The van der Waals surface area contributed by atoms with E-state index in [1.807, 2.05) is 54.6 Å². The van der Waals surface area contributed by atoms with Crippen LogP contribution in [0.5, 0.6) is 5.75 Å². The van der Waals surface area contributed by atoms with Crippen molar-refractivity contribution in [3.8, 4) is 5.75 Å². The van der Waals surface area contributed by atoms with Crippen LogP contribution in [0.1, 0.15) is 31.8 Å². The summed E-state index contributed by atoms with van der Waals surface area (Å²) < 4.78 is 7.01. The van der Waals surface area contributed by atoms with E-state index >= 15 is 0 Å². The highest BCUT2D eigenvalue weighted by Crippen LogP contribution is 2.28. The molecule has 1 aromatic heterocycles. The number of benzene rings is 4. The average molecular weight is 532 g/mol. The average Bonchev–Trinajstić information content (AvgIpc) is 3.51. The molecule has 1 N–H and O–H groups in total. The third kappa shape index (κ3) is 4.58. The van der Waals surface area contributed by atoms with Crippen LogP contribution >= 0.6 is 0 Å². The zero-order valence-electron chi connectivity index (χ0n) is 21.7. The molecule has 1 aliphatic heterocycles. The first-order valence-electron chi connectivity index (χ1n) is 12.8. The maximum atomic E-state index is 13.9. The van der Waals surface area contributed by atoms with Crippen LogP contribution in [0.15, 0.2) is 97.1 Å². The normalized spacial score (nSPS) is 13.4. The molecule has 0 bridgehead atoms. The number of ether oxygens (including phenoxy) is 1. The summed E-state index contributed by atoms with van der Waals surface area (Å²) in [4.78, 5) is 41.7. The van der Waals surface area contributed by atoms with E-state index in [0.717, 1.165) is 21.5 Å². The number of hydrogen-bond acceptors (Lipinski definition) is 6. The van der Waals surface area contributed by atoms with E-state index in [1.165, 1.54) is 0 Å². The van der Waals surface area contributed by atoms with Crippen molar-refractivity contribution >= 4 is 34.4 Å². The molecule has 1 aliphatic rings. The van der Waals surface area contributed by atoms with Gasteiger partial charge in [0.15, 0.2) is 0 Å². The van der Waals surface area contributed by atoms with Crippen LogP contribution in [-0.4, -0.2) is 50.8 Å². The fraction of sp³-hybridized carbons (Fsp3) is 0.129. The molecular weight excluding hydrogens is 506 g/mol. The summed E-state index contributed by atoms with van der Waals surface area (Å²) in [5.41, 5.74) is 4.10. The molecule has 4 aromatic carbocycles. The van der Waals surface area contributed by atoms with Gasteiger partial charge in [-0.15, -0.1) is 5.10 Å². The maximum absolute atomic E-state index is 13.9. The van der Waals surface area contributed by atoms with Crippen LogP contribution in [-0.2, 0) is 17.8 Å². The second kappa shape index (κ2) is 10.5. The van der Waals surface area contributed by atoms with Gasteiger partial charge in [0.2, 0.25) is 5.91 Å². The van der Waals surface area contributed by atoms with Crippen molar-refractivity contribution in [1.29, 1.82) is 0 Å². The van der Waals surface area contributed by atoms with Crippen molar-refractivity contribution in [2.75, 3.05) is 12.4 Å². The second-order valence-electron chi connectivity index (χ2n) is 9.49. The Bertz CT molecular complexity index is 1700. The van der Waals surface area contributed by atoms with Crippen molar-refractivity contribution in [2.24, 2.45) is 0 Å². The van der Waals surface area contributed by atoms with E-state index in [4.69, 9.17) is 4.74 Å². The number of fused-ring (bicyclic) bond motifs is 2. The minimum absolute atomic E-state index is 0.123. The number of rotatable bonds is 8. The van der Waals surface area contributed by atoms with Gasteiger partial charge in [0.25, 0.3) is 11.8 Å². The molecule has 5 aromatic rings. The van der Waals surface area contributed by atoms with Crippen LogP contribution in [0, 0.1) is 0 Å². The number of imide groups is 1. The van der Waals surface area contributed by atoms with E-state index < -0.39 is 23.8 Å². The van der Waals surface area contributed by atoms with Crippen LogP contribution < -0.4 is 10.1 Å². The highest BCUT2D eigenvalue weighted by Gasteiger charge is 2.42. The lowest BCUT2D eigenvalue weighted by atomic mass is 10.0. The van der Waals surface area contributed by atoms with Gasteiger partial charge in [-0.2, -0.15) is 0 Å². The lowest BCUT2D eigenvalue weighted by Gasteiger charge is -2.25. The molecule has 0 saturated heterocycles. The van der Waals surface area contributed by atoms with Crippen molar-refractivity contribution in [1.82, 2.24) is 19.9 Å². The van der Waals surface area contributed by atoms with E-state index in [1.54, 1.807) is 54.3 Å². The van der Waals surface area contributed by atoms with Gasteiger partial charge < -0.3 is 10.1 Å². The number of carbonyl (C=O) groups excluding carboxylic acids is 3. The van der Waals surface area contributed by atoms with E-state index in [-0.39, 0.29) is 17.5 Å². The highest BCUT2D eigenvalue weighted by atomic mass is 16.5. The molecule has 0 radical (unpaired) electrons. The van der Waals surface area contributed by atoms with Gasteiger partial charge in [-0.1, -0.05) is 65.9 Å². The van der Waals surface area contributed by atoms with Gasteiger partial charge in [0.1, 0.15) is 17.3 Å². The minimum atomic E-state index is -1.10. The molecule has 1 atom stereocenters. The molecule has 0 fully saturated rings. The largest absolute Gasteiger partial charge is 0.497 e. The first-order valence-corrected chi connectivity index (χ1v) is 12.8. The van der Waals surface area contributed by atoms with Gasteiger partial charge in [-0.05, 0) is 47.5 Å². The number of amides is 3. The number of carbonyl (C=O) groups is 3. The molecular formula is C31H25N5O4. The lowest BCUT2D eigenvalue weighted by molar-refractivity contribution is -0.119. The fourth-order valence-corrected chi connectivity index (χ4v) is 4.96. The number of anilines is 1. The second-order valence-corrected chi connectivity index (χ2v) is 9.49. The number of nitrogens with zero attached hydrogens (tertiary/aromatic N) is 4. The zero-order chi connectivity index (χ0) is 27.6. The monoisotopic (exact) mass is 531 g/mol. The zero-order valence-corrected chi connectivity index (χ0v) is 21.7. The maximum Gasteiger partial charge on any atom is 0.262 e. The molecule has 0 spiro atoms. The smallest absolute Gasteiger partial charge is 0.262 e. The Morgan fingerprint density at radius 2 is 1.50 bits per heavy atom. The predicted octanol–water partition coefficient (Wildman–Crippen LogP) is 4.33. The lowest BCUT2D eigenvalue weighted by Crippen LogP contribution is -2.48. The Morgan fingerprint density at radius 1 is 0.825 bits per heavy atom. The highest BCUT2D eigenvalue weighted by molar-refractivity contribution is 6.23. The first-order chi connectivity index (χ1) is 19.5. The van der Waals surface area contributed by atoms with Gasteiger partial charge in [-0.25, -0.2) is 4.68 Å². The molecule has 3 amide bonds. The summed E-state index contributed by atoms with van der Waals surface area (Å²) in [5.74, 6) is -0.839. The van der Waals surface area contributed by atoms with Gasteiger partial charge in [-0.3, -0.25) is 19.3 Å². The number of aromatic nitrogens is 3. The molecule has 0 aliphatic carbocycles. The Balaban J connectivity index is 1.32. The van der Waals surface area contributed by atoms with Gasteiger partial charge >= 0.3 is 0 Å². The molecule has 198 valence electrons. The molecule has 9 heteroatoms. The van der Waals surface area contributed by atoms with E-state index in [0.29, 0.717) is 23.5 Å². The summed E-state index contributed by atoms with van der Waals surface area (Å²) in [6, 6.07) is 28.0. The van der Waals surface area contributed by atoms with Crippen LogP contribution in [0.3, 0.4) is 0 Å². The number of methoxy groups -OCH3 is 1. The molecule has 9 nitrogen and oxygen atoms in total. The Morgan fingerprint density at radius 3 is 2.17 bits per heavy atom. The predicted molar refractivity (Wildman–Crippen MR) is 149 cm³/mol. The summed E-state index contributed by atoms with van der Waals surface area (Å²) in [7, 11) is 1.57. The molecule has 0 saturated carbocycles. The Hall–Kier alpha value is -5.31. The van der Waals surface area contributed by atoms with E-state index in [2.05, 4.69) is 15.6 Å². The summed E-state index contributed by atoms with van der Waals surface area (Å²) >= 11 is 0. The quantitative estimate of drug-likeness (QED) is 0.299. The first kappa shape index (κ1) is 25.0. The minimum Gasteiger partial charge on any atom is -0.497 e. The van der Waals surface area contributed by atoms with Gasteiger partial charge in [0.05, 0.1) is 36.0 Å². The Kier molecular flexibility index (Phi) is 6.53. The van der Waals surface area contributed by atoms with Crippen LogP contribution in [0.2, 0.25) is 0 Å². The van der Waals surface area contributed by atoms with Crippen LogP contribution in [0.25, 0.3) is 11.0 Å². The molecule has 40 heavy (non-hydrogen) atoms. The third-order valence-corrected chi connectivity index (χ3v) is 7.01. The molecule has 2 heterocycles. The van der Waals surface area contributed by atoms with Crippen LogP contribution in [0.4, 0.5) is 5.69 Å². The van der Waals surface area contributed by atoms with Gasteiger partial charge in [0, 0.05) is 6.42 Å². The van der Waals surface area contributed by atoms with E-state index in [9.17, 15) is 14.4 Å². The number of hydrogen-bond donors (Lipinski definition) is 1. The standard InChI is InChI=1S/C31H25N5O4/c1-40-22-16-14-20(15-17-22)18-27(36-30(38)23-10-5-6-11-24(23)31(36)39)29(37)32-25-12-7-13-26-28(25)33-34-35(26)19-21-8-3-2-4-9-21/h2-17,27H,18-19H2,1H3,(H,32,37)/t27-/m0/s1. The summed E-state index contributed by atoms with van der Waals surface area (Å²) in [6.07, 6.45) is 0.123.